The van der Waals surface area contributed by atoms with Gasteiger partial charge >= 0.3 is 0 Å². The van der Waals surface area contributed by atoms with Crippen molar-refractivity contribution in [3.63, 3.8) is 0 Å². The summed E-state index contributed by atoms with van der Waals surface area (Å²) in [4.78, 5) is 0. The predicted octanol–water partition coefficient (Wildman–Crippen LogP) is 1.71. The van der Waals surface area contributed by atoms with Crippen LogP contribution in [-0.2, 0) is 16.4 Å². The van der Waals surface area contributed by atoms with Crippen molar-refractivity contribution in [2.75, 3.05) is 12.4 Å². The molecule has 1 N–H and O–H groups in total. The third-order valence-electron chi connectivity index (χ3n) is 2.99. The lowest BCUT2D eigenvalue weighted by Crippen LogP contribution is -2.43. The number of hydrogen-bond donors (Lipinski definition) is 1. The number of hydrogen-bond acceptors (Lipinski definition) is 3. The van der Waals surface area contributed by atoms with Crippen LogP contribution in [-0.4, -0.2) is 26.8 Å². The quantitative estimate of drug-likeness (QED) is 0.885. The molecule has 5 heteroatoms. The molecule has 1 heterocycles. The van der Waals surface area contributed by atoms with Crippen LogP contribution >= 0.6 is 0 Å². The number of fused-ring (bicyclic) bond motifs is 1. The van der Waals surface area contributed by atoms with Gasteiger partial charge in [-0.1, -0.05) is 31.5 Å². The summed E-state index contributed by atoms with van der Waals surface area (Å²) < 4.78 is 31.9. The first-order valence-corrected chi connectivity index (χ1v) is 7.96. The van der Waals surface area contributed by atoms with Crippen molar-refractivity contribution in [1.29, 1.82) is 0 Å². The minimum absolute atomic E-state index is 0.151. The van der Waals surface area contributed by atoms with Crippen LogP contribution in [0.1, 0.15) is 25.3 Å². The van der Waals surface area contributed by atoms with E-state index in [1.54, 1.807) is 0 Å². The molecule has 1 aromatic rings. The minimum atomic E-state index is -3.18. The SMILES string of the molecule is CCCCS(=O)(=O)NC1COc2ccccc2C1. The molecule has 1 unspecified atom stereocenters. The average Bonchev–Trinajstić information content (AvgIpc) is 2.36. The standard InChI is InChI=1S/C13H19NO3S/c1-2-3-8-18(15,16)14-12-9-11-6-4-5-7-13(11)17-10-12/h4-7,12,14H,2-3,8-10H2,1H3. The minimum Gasteiger partial charge on any atom is -0.492 e. The summed E-state index contributed by atoms with van der Waals surface area (Å²) in [7, 11) is -3.18. The molecule has 4 nitrogen and oxygen atoms in total. The van der Waals surface area contributed by atoms with Crippen molar-refractivity contribution < 1.29 is 13.2 Å². The predicted molar refractivity (Wildman–Crippen MR) is 71.3 cm³/mol. The highest BCUT2D eigenvalue weighted by Crippen LogP contribution is 2.24. The fourth-order valence-corrected chi connectivity index (χ4v) is 3.50. The molecular weight excluding hydrogens is 250 g/mol. The van der Waals surface area contributed by atoms with Crippen LogP contribution in [0.2, 0.25) is 0 Å². The average molecular weight is 269 g/mol. The molecule has 0 aromatic heterocycles. The molecule has 1 atom stereocenters. The van der Waals surface area contributed by atoms with Gasteiger partial charge < -0.3 is 4.74 Å². The van der Waals surface area contributed by atoms with Gasteiger partial charge in [-0.25, -0.2) is 13.1 Å². The van der Waals surface area contributed by atoms with Crippen LogP contribution in [0.4, 0.5) is 0 Å². The lowest BCUT2D eigenvalue weighted by Gasteiger charge is -2.25. The monoisotopic (exact) mass is 269 g/mol. The summed E-state index contributed by atoms with van der Waals surface area (Å²) >= 11 is 0. The van der Waals surface area contributed by atoms with Crippen LogP contribution in [0.3, 0.4) is 0 Å². The van der Waals surface area contributed by atoms with Gasteiger partial charge in [0.2, 0.25) is 10.0 Å². The molecule has 100 valence electrons. The smallest absolute Gasteiger partial charge is 0.211 e. The first kappa shape index (κ1) is 13.4. The highest BCUT2D eigenvalue weighted by molar-refractivity contribution is 7.89. The van der Waals surface area contributed by atoms with Gasteiger partial charge in [0, 0.05) is 0 Å². The Bertz CT molecular complexity index is 499. The molecule has 0 aliphatic carbocycles. The van der Waals surface area contributed by atoms with Gasteiger partial charge in [0.25, 0.3) is 0 Å². The van der Waals surface area contributed by atoms with Gasteiger partial charge in [0.05, 0.1) is 11.8 Å². The number of rotatable bonds is 5. The second kappa shape index (κ2) is 5.71. The maximum absolute atomic E-state index is 11.8. The summed E-state index contributed by atoms with van der Waals surface area (Å²) in [5.41, 5.74) is 1.06. The summed E-state index contributed by atoms with van der Waals surface area (Å²) in [5, 5.41) is 0. The molecule has 0 saturated carbocycles. The molecule has 1 aliphatic rings. The van der Waals surface area contributed by atoms with Crippen LogP contribution in [0.25, 0.3) is 0 Å². The summed E-state index contributed by atoms with van der Waals surface area (Å²) in [6.45, 7) is 2.39. The molecular formula is C13H19NO3S. The van der Waals surface area contributed by atoms with E-state index in [0.29, 0.717) is 19.4 Å². The first-order valence-electron chi connectivity index (χ1n) is 6.31. The van der Waals surface area contributed by atoms with E-state index in [0.717, 1.165) is 17.7 Å². The second-order valence-electron chi connectivity index (χ2n) is 4.61. The maximum atomic E-state index is 11.8. The molecule has 1 aliphatic heterocycles. The molecule has 0 radical (unpaired) electrons. The molecule has 2 rings (SSSR count). The van der Waals surface area contributed by atoms with E-state index in [-0.39, 0.29) is 11.8 Å². The number of ether oxygens (including phenoxy) is 1. The molecule has 0 amide bonds. The molecule has 18 heavy (non-hydrogen) atoms. The van der Waals surface area contributed by atoms with Crippen molar-refractivity contribution in [2.24, 2.45) is 0 Å². The van der Waals surface area contributed by atoms with Crippen molar-refractivity contribution >= 4 is 10.0 Å². The fourth-order valence-electron chi connectivity index (χ4n) is 2.05. The Kier molecular flexibility index (Phi) is 4.24. The highest BCUT2D eigenvalue weighted by Gasteiger charge is 2.23. The van der Waals surface area contributed by atoms with Gasteiger partial charge in [-0.3, -0.25) is 0 Å². The second-order valence-corrected chi connectivity index (χ2v) is 6.48. The maximum Gasteiger partial charge on any atom is 0.211 e. The summed E-state index contributed by atoms with van der Waals surface area (Å²) in [6, 6.07) is 7.60. The number of para-hydroxylation sites is 1. The zero-order valence-corrected chi connectivity index (χ0v) is 11.4. The van der Waals surface area contributed by atoms with Crippen LogP contribution in [0, 0.1) is 0 Å². The van der Waals surface area contributed by atoms with Crippen molar-refractivity contribution in [2.45, 2.75) is 32.2 Å². The number of benzene rings is 1. The lowest BCUT2D eigenvalue weighted by molar-refractivity contribution is 0.254. The van der Waals surface area contributed by atoms with E-state index >= 15 is 0 Å². The third kappa shape index (κ3) is 3.46. The fraction of sp³-hybridized carbons (Fsp3) is 0.538. The molecule has 0 spiro atoms. The topological polar surface area (TPSA) is 55.4 Å². The van der Waals surface area contributed by atoms with E-state index in [4.69, 9.17) is 4.74 Å². The molecule has 1 aromatic carbocycles. The van der Waals surface area contributed by atoms with Crippen LogP contribution < -0.4 is 9.46 Å². The Labute approximate surface area is 108 Å². The number of unbranched alkanes of at least 4 members (excludes halogenated alkanes) is 1. The van der Waals surface area contributed by atoms with Crippen LogP contribution in [0.15, 0.2) is 24.3 Å². The first-order chi connectivity index (χ1) is 8.61. The third-order valence-corrected chi connectivity index (χ3v) is 4.51. The molecule has 0 fully saturated rings. The van der Waals surface area contributed by atoms with E-state index in [1.165, 1.54) is 0 Å². The highest BCUT2D eigenvalue weighted by atomic mass is 32.2. The Balaban J connectivity index is 1.97. The lowest BCUT2D eigenvalue weighted by atomic mass is 10.0. The Morgan fingerprint density at radius 2 is 2.17 bits per heavy atom. The van der Waals surface area contributed by atoms with Crippen molar-refractivity contribution in [3.05, 3.63) is 29.8 Å². The Hall–Kier alpha value is -1.07. The van der Waals surface area contributed by atoms with Gasteiger partial charge in [0.1, 0.15) is 12.4 Å². The van der Waals surface area contributed by atoms with Gasteiger partial charge in [-0.05, 0) is 24.5 Å². The normalized spacial score (nSPS) is 19.1. The number of sulfonamides is 1. The van der Waals surface area contributed by atoms with E-state index in [9.17, 15) is 8.42 Å². The molecule has 0 saturated heterocycles. The van der Waals surface area contributed by atoms with E-state index < -0.39 is 10.0 Å². The van der Waals surface area contributed by atoms with Gasteiger partial charge in [-0.2, -0.15) is 0 Å². The van der Waals surface area contributed by atoms with E-state index in [1.807, 2.05) is 31.2 Å². The van der Waals surface area contributed by atoms with Crippen molar-refractivity contribution in [3.8, 4) is 5.75 Å². The zero-order valence-electron chi connectivity index (χ0n) is 10.6. The van der Waals surface area contributed by atoms with Crippen LogP contribution in [0.5, 0.6) is 5.75 Å². The van der Waals surface area contributed by atoms with Gasteiger partial charge in [-0.15, -0.1) is 0 Å². The van der Waals surface area contributed by atoms with Gasteiger partial charge in [0.15, 0.2) is 0 Å². The van der Waals surface area contributed by atoms with Crippen molar-refractivity contribution in [1.82, 2.24) is 4.72 Å². The summed E-state index contributed by atoms with van der Waals surface area (Å²) in [5.74, 6) is 1.06. The van der Waals surface area contributed by atoms with E-state index in [2.05, 4.69) is 4.72 Å². The molecule has 0 bridgehead atoms. The Morgan fingerprint density at radius 1 is 1.39 bits per heavy atom. The summed E-state index contributed by atoms with van der Waals surface area (Å²) in [6.07, 6.45) is 2.27. The largest absolute Gasteiger partial charge is 0.492 e. The Morgan fingerprint density at radius 3 is 2.94 bits per heavy atom. The zero-order chi connectivity index (χ0) is 13.0. The number of nitrogens with one attached hydrogen (secondary N) is 1.